The minimum Gasteiger partial charge on any atom is -0.465 e. The van der Waals surface area contributed by atoms with E-state index in [1.807, 2.05) is 24.3 Å². The topological polar surface area (TPSA) is 77.3 Å². The fourth-order valence-corrected chi connectivity index (χ4v) is 2.76. The molecule has 2 aromatic heterocycles. The van der Waals surface area contributed by atoms with Crippen molar-refractivity contribution in [1.82, 2.24) is 19.4 Å². The molecule has 7 heteroatoms. The first-order chi connectivity index (χ1) is 12.6. The van der Waals surface area contributed by atoms with E-state index in [1.54, 1.807) is 48.0 Å². The van der Waals surface area contributed by atoms with Gasteiger partial charge in [-0.15, -0.1) is 0 Å². The largest absolute Gasteiger partial charge is 0.465 e. The third kappa shape index (κ3) is 3.72. The van der Waals surface area contributed by atoms with Crippen molar-refractivity contribution in [2.24, 2.45) is 0 Å². The first-order valence-corrected chi connectivity index (χ1v) is 8.35. The Bertz CT molecular complexity index is 921. The molecule has 7 nitrogen and oxygen atoms in total. The van der Waals surface area contributed by atoms with Crippen LogP contribution in [0, 0.1) is 0 Å². The maximum atomic E-state index is 12.6. The van der Waals surface area contributed by atoms with Crippen LogP contribution in [0.15, 0.2) is 48.8 Å². The molecule has 0 aliphatic heterocycles. The second-order valence-electron chi connectivity index (χ2n) is 5.81. The molecule has 0 spiro atoms. The van der Waals surface area contributed by atoms with Gasteiger partial charge in [0.1, 0.15) is 12.4 Å². The number of para-hydroxylation sites is 2. The van der Waals surface area contributed by atoms with Crippen LogP contribution in [0.25, 0.3) is 11.0 Å². The SMILES string of the molecule is CCOC(=O)Cn1c(CN(C)C(=O)c2ccncc2)nc2ccccc21. The van der Waals surface area contributed by atoms with Crippen LogP contribution in [0.1, 0.15) is 23.1 Å². The number of ether oxygens (including phenoxy) is 1. The molecule has 2 heterocycles. The zero-order chi connectivity index (χ0) is 18.5. The quantitative estimate of drug-likeness (QED) is 0.636. The Kier molecular flexibility index (Phi) is 5.26. The summed E-state index contributed by atoms with van der Waals surface area (Å²) in [6, 6.07) is 10.9. The number of imidazole rings is 1. The highest BCUT2D eigenvalue weighted by molar-refractivity contribution is 5.93. The molecule has 134 valence electrons. The summed E-state index contributed by atoms with van der Waals surface area (Å²) in [5, 5.41) is 0. The monoisotopic (exact) mass is 352 g/mol. The second-order valence-corrected chi connectivity index (χ2v) is 5.81. The molecule has 0 saturated heterocycles. The van der Waals surface area contributed by atoms with Crippen LogP contribution in [0.2, 0.25) is 0 Å². The van der Waals surface area contributed by atoms with Crippen molar-refractivity contribution in [1.29, 1.82) is 0 Å². The average molecular weight is 352 g/mol. The predicted molar refractivity (Wildman–Crippen MR) is 96.4 cm³/mol. The molecular formula is C19H20N4O3. The van der Waals surface area contributed by atoms with E-state index in [4.69, 9.17) is 4.74 Å². The van der Waals surface area contributed by atoms with Crippen molar-refractivity contribution in [3.05, 3.63) is 60.2 Å². The summed E-state index contributed by atoms with van der Waals surface area (Å²) in [6.07, 6.45) is 3.16. The van der Waals surface area contributed by atoms with Crippen molar-refractivity contribution in [3.63, 3.8) is 0 Å². The molecule has 0 bridgehead atoms. The Hall–Kier alpha value is -3.22. The molecular weight excluding hydrogens is 332 g/mol. The number of aromatic nitrogens is 3. The highest BCUT2D eigenvalue weighted by atomic mass is 16.5. The van der Waals surface area contributed by atoms with Crippen LogP contribution in [0.3, 0.4) is 0 Å². The van der Waals surface area contributed by atoms with Gasteiger partial charge >= 0.3 is 5.97 Å². The zero-order valence-electron chi connectivity index (χ0n) is 14.8. The number of hydrogen-bond donors (Lipinski definition) is 0. The summed E-state index contributed by atoms with van der Waals surface area (Å²) >= 11 is 0. The highest BCUT2D eigenvalue weighted by Gasteiger charge is 2.18. The average Bonchev–Trinajstić information content (AvgIpc) is 2.99. The molecule has 0 aliphatic carbocycles. The lowest BCUT2D eigenvalue weighted by molar-refractivity contribution is -0.143. The molecule has 0 aliphatic rings. The lowest BCUT2D eigenvalue weighted by Gasteiger charge is -2.18. The van der Waals surface area contributed by atoms with Crippen LogP contribution in [-0.4, -0.2) is 45.0 Å². The fraction of sp³-hybridized carbons (Fsp3) is 0.263. The molecule has 3 rings (SSSR count). The van der Waals surface area contributed by atoms with E-state index in [2.05, 4.69) is 9.97 Å². The van der Waals surface area contributed by atoms with E-state index >= 15 is 0 Å². The summed E-state index contributed by atoms with van der Waals surface area (Å²) in [5.41, 5.74) is 2.16. The minimum absolute atomic E-state index is 0.0565. The van der Waals surface area contributed by atoms with Gasteiger partial charge in [-0.1, -0.05) is 12.1 Å². The molecule has 1 amide bonds. The Balaban J connectivity index is 1.89. The van der Waals surface area contributed by atoms with Crippen LogP contribution in [0.5, 0.6) is 0 Å². The number of esters is 1. The van der Waals surface area contributed by atoms with E-state index in [0.29, 0.717) is 18.0 Å². The first kappa shape index (κ1) is 17.6. The van der Waals surface area contributed by atoms with Gasteiger partial charge in [0, 0.05) is 25.0 Å². The molecule has 0 saturated carbocycles. The Morgan fingerprint density at radius 1 is 1.15 bits per heavy atom. The molecule has 0 fully saturated rings. The van der Waals surface area contributed by atoms with Crippen molar-refractivity contribution in [2.75, 3.05) is 13.7 Å². The fourth-order valence-electron chi connectivity index (χ4n) is 2.76. The Morgan fingerprint density at radius 2 is 1.88 bits per heavy atom. The van der Waals surface area contributed by atoms with E-state index < -0.39 is 0 Å². The summed E-state index contributed by atoms with van der Waals surface area (Å²) < 4.78 is 6.86. The van der Waals surface area contributed by atoms with Crippen molar-refractivity contribution in [3.8, 4) is 0 Å². The summed E-state index contributed by atoms with van der Waals surface area (Å²) in [6.45, 7) is 2.42. The summed E-state index contributed by atoms with van der Waals surface area (Å²) in [4.78, 5) is 34.6. The lowest BCUT2D eigenvalue weighted by Crippen LogP contribution is -2.28. The smallest absolute Gasteiger partial charge is 0.326 e. The van der Waals surface area contributed by atoms with Crippen LogP contribution in [0.4, 0.5) is 0 Å². The molecule has 26 heavy (non-hydrogen) atoms. The number of fused-ring (bicyclic) bond motifs is 1. The maximum absolute atomic E-state index is 12.6. The number of nitrogens with zero attached hydrogens (tertiary/aromatic N) is 4. The highest BCUT2D eigenvalue weighted by Crippen LogP contribution is 2.18. The van der Waals surface area contributed by atoms with Crippen LogP contribution >= 0.6 is 0 Å². The number of benzene rings is 1. The van der Waals surface area contributed by atoms with Gasteiger partial charge in [-0.25, -0.2) is 4.98 Å². The number of hydrogen-bond acceptors (Lipinski definition) is 5. The van der Waals surface area contributed by atoms with Gasteiger partial charge in [-0.05, 0) is 31.2 Å². The normalized spacial score (nSPS) is 10.7. The maximum Gasteiger partial charge on any atom is 0.326 e. The Morgan fingerprint density at radius 3 is 2.62 bits per heavy atom. The number of amides is 1. The van der Waals surface area contributed by atoms with Crippen LogP contribution in [-0.2, 0) is 22.6 Å². The minimum atomic E-state index is -0.333. The summed E-state index contributed by atoms with van der Waals surface area (Å²) in [7, 11) is 1.71. The standard InChI is InChI=1S/C19H20N4O3/c1-3-26-18(24)13-23-16-7-5-4-6-15(16)21-17(23)12-22(2)19(25)14-8-10-20-11-9-14/h4-11H,3,12-13H2,1-2H3. The van der Waals surface area contributed by atoms with Crippen molar-refractivity contribution in [2.45, 2.75) is 20.0 Å². The third-order valence-corrected chi connectivity index (χ3v) is 3.98. The molecule has 0 unspecified atom stereocenters. The van der Waals surface area contributed by atoms with Gasteiger partial charge < -0.3 is 14.2 Å². The van der Waals surface area contributed by atoms with Gasteiger partial charge in [0.2, 0.25) is 0 Å². The number of carbonyl (C=O) groups is 2. The molecule has 3 aromatic rings. The molecule has 0 atom stereocenters. The van der Waals surface area contributed by atoms with E-state index in [9.17, 15) is 9.59 Å². The molecule has 0 N–H and O–H groups in total. The van der Waals surface area contributed by atoms with Gasteiger partial charge in [0.05, 0.1) is 24.2 Å². The van der Waals surface area contributed by atoms with Crippen molar-refractivity contribution < 1.29 is 14.3 Å². The van der Waals surface area contributed by atoms with E-state index in [1.165, 1.54) is 0 Å². The summed E-state index contributed by atoms with van der Waals surface area (Å²) in [5.74, 6) is 0.159. The van der Waals surface area contributed by atoms with Gasteiger partial charge in [-0.3, -0.25) is 14.6 Å². The molecule has 0 radical (unpaired) electrons. The number of pyridine rings is 1. The van der Waals surface area contributed by atoms with Gasteiger partial charge in [0.25, 0.3) is 5.91 Å². The molecule has 1 aromatic carbocycles. The van der Waals surface area contributed by atoms with Crippen molar-refractivity contribution >= 4 is 22.9 Å². The first-order valence-electron chi connectivity index (χ1n) is 8.35. The van der Waals surface area contributed by atoms with Crippen LogP contribution < -0.4 is 0 Å². The van der Waals surface area contributed by atoms with Gasteiger partial charge in [0.15, 0.2) is 0 Å². The van der Waals surface area contributed by atoms with E-state index in [-0.39, 0.29) is 25.0 Å². The van der Waals surface area contributed by atoms with Gasteiger partial charge in [-0.2, -0.15) is 0 Å². The number of carbonyl (C=O) groups excluding carboxylic acids is 2. The lowest BCUT2D eigenvalue weighted by atomic mass is 10.2. The van der Waals surface area contributed by atoms with E-state index in [0.717, 1.165) is 11.0 Å². The third-order valence-electron chi connectivity index (χ3n) is 3.98. The number of rotatable bonds is 6. The Labute approximate surface area is 151 Å². The second kappa shape index (κ2) is 7.77. The predicted octanol–water partition coefficient (Wildman–Crippen LogP) is 2.27. The zero-order valence-corrected chi connectivity index (χ0v) is 14.8.